The molecule has 3 nitrogen and oxygen atoms in total. The van der Waals surface area contributed by atoms with E-state index in [2.05, 4.69) is 12.1 Å². The minimum absolute atomic E-state index is 0.211. The molecule has 1 aromatic carbocycles. The molecule has 1 unspecified atom stereocenters. The van der Waals surface area contributed by atoms with Gasteiger partial charge in [0, 0.05) is 25.4 Å². The smallest absolute Gasteiger partial charge is 0.223 e. The van der Waals surface area contributed by atoms with Crippen molar-refractivity contribution in [1.29, 1.82) is 0 Å². The summed E-state index contributed by atoms with van der Waals surface area (Å²) in [6.07, 6.45) is 5.81. The van der Waals surface area contributed by atoms with Crippen LogP contribution in [0.5, 0.6) is 5.75 Å². The Balaban J connectivity index is 1.61. The molecule has 1 aliphatic heterocycles. The van der Waals surface area contributed by atoms with Crippen LogP contribution in [0, 0.1) is 5.92 Å². The Labute approximate surface area is 131 Å². The fraction of sp³-hybridized carbons (Fsp3) is 0.588. The molecule has 0 bridgehead atoms. The number of halogens is 1. The Morgan fingerprint density at radius 2 is 2.10 bits per heavy atom. The summed E-state index contributed by atoms with van der Waals surface area (Å²) < 4.78 is 6.03. The average molecular weight is 308 g/mol. The van der Waals surface area contributed by atoms with Crippen LogP contribution in [0.2, 0.25) is 0 Å². The molecule has 0 radical (unpaired) electrons. The van der Waals surface area contributed by atoms with E-state index in [1.165, 1.54) is 12.8 Å². The Hall–Kier alpha value is -1.22. The molecule has 1 amide bonds. The number of rotatable bonds is 5. The van der Waals surface area contributed by atoms with Gasteiger partial charge in [-0.3, -0.25) is 4.79 Å². The maximum Gasteiger partial charge on any atom is 0.223 e. The van der Waals surface area contributed by atoms with E-state index in [1.807, 2.05) is 17.0 Å². The Morgan fingerprint density at radius 1 is 1.29 bits per heavy atom. The van der Waals surface area contributed by atoms with Gasteiger partial charge in [0.05, 0.1) is 6.10 Å². The predicted molar refractivity (Wildman–Crippen MR) is 83.6 cm³/mol. The molecule has 2 fully saturated rings. The van der Waals surface area contributed by atoms with Crippen molar-refractivity contribution in [2.24, 2.45) is 5.92 Å². The zero-order chi connectivity index (χ0) is 14.7. The lowest BCUT2D eigenvalue weighted by molar-refractivity contribution is -0.128. The third-order valence-electron chi connectivity index (χ3n) is 4.39. The third-order valence-corrected chi connectivity index (χ3v) is 4.83. The number of hydrogen-bond donors (Lipinski definition) is 0. The first-order valence-electron chi connectivity index (χ1n) is 7.84. The highest BCUT2D eigenvalue weighted by atomic mass is 35.5. The van der Waals surface area contributed by atoms with Crippen LogP contribution < -0.4 is 4.74 Å². The van der Waals surface area contributed by atoms with Crippen molar-refractivity contribution >= 4 is 17.5 Å². The van der Waals surface area contributed by atoms with Crippen molar-refractivity contribution in [2.45, 2.75) is 44.8 Å². The van der Waals surface area contributed by atoms with Crippen molar-refractivity contribution < 1.29 is 9.53 Å². The van der Waals surface area contributed by atoms with Gasteiger partial charge in [-0.15, -0.1) is 11.6 Å². The first-order valence-corrected chi connectivity index (χ1v) is 8.37. The highest BCUT2D eigenvalue weighted by molar-refractivity contribution is 6.18. The molecule has 3 rings (SSSR count). The maximum atomic E-state index is 11.9. The van der Waals surface area contributed by atoms with Crippen LogP contribution in [0.1, 0.15) is 37.7 Å². The molecule has 1 aromatic rings. The average Bonchev–Trinajstić information content (AvgIpc) is 3.10. The molecule has 0 aromatic heterocycles. The van der Waals surface area contributed by atoms with Crippen LogP contribution in [0.3, 0.4) is 0 Å². The maximum absolute atomic E-state index is 11.9. The van der Waals surface area contributed by atoms with Gasteiger partial charge in [-0.1, -0.05) is 12.1 Å². The highest BCUT2D eigenvalue weighted by Crippen LogP contribution is 2.26. The van der Waals surface area contributed by atoms with Crippen LogP contribution in [-0.4, -0.2) is 29.3 Å². The molecule has 4 heteroatoms. The van der Waals surface area contributed by atoms with Crippen LogP contribution in [0.4, 0.5) is 0 Å². The SMILES string of the molecule is O=C1CC(CCl)CN1Cc1cccc(OC2CCCC2)c1. The minimum atomic E-state index is 0.211. The normalized spacial score (nSPS) is 23.0. The second-order valence-electron chi connectivity index (χ2n) is 6.17. The summed E-state index contributed by atoms with van der Waals surface area (Å²) in [6.45, 7) is 1.43. The van der Waals surface area contributed by atoms with Crippen molar-refractivity contribution in [3.8, 4) is 5.75 Å². The van der Waals surface area contributed by atoms with E-state index in [1.54, 1.807) is 0 Å². The highest BCUT2D eigenvalue weighted by Gasteiger charge is 2.28. The summed E-state index contributed by atoms with van der Waals surface area (Å²) in [5, 5.41) is 0. The van der Waals surface area contributed by atoms with Gasteiger partial charge in [-0.2, -0.15) is 0 Å². The van der Waals surface area contributed by atoms with E-state index >= 15 is 0 Å². The van der Waals surface area contributed by atoms with Gasteiger partial charge >= 0.3 is 0 Å². The number of carbonyl (C=O) groups is 1. The van der Waals surface area contributed by atoms with E-state index in [9.17, 15) is 4.79 Å². The minimum Gasteiger partial charge on any atom is -0.490 e. The number of hydrogen-bond acceptors (Lipinski definition) is 2. The number of alkyl halides is 1. The number of amides is 1. The lowest BCUT2D eigenvalue weighted by atomic mass is 10.1. The Morgan fingerprint density at radius 3 is 2.81 bits per heavy atom. The molecule has 21 heavy (non-hydrogen) atoms. The zero-order valence-corrected chi connectivity index (χ0v) is 13.0. The molecule has 1 saturated heterocycles. The molecular weight excluding hydrogens is 286 g/mol. The number of ether oxygens (including phenoxy) is 1. The van der Waals surface area contributed by atoms with Gasteiger partial charge < -0.3 is 9.64 Å². The van der Waals surface area contributed by atoms with Gasteiger partial charge in [-0.25, -0.2) is 0 Å². The third kappa shape index (κ3) is 3.70. The standard InChI is InChI=1S/C17H22ClNO2/c18-10-14-9-17(20)19(12-14)11-13-4-3-7-16(8-13)21-15-5-1-2-6-15/h3-4,7-8,14-15H,1-2,5-6,9-12H2. The fourth-order valence-electron chi connectivity index (χ4n) is 3.25. The lowest BCUT2D eigenvalue weighted by Crippen LogP contribution is -2.24. The second kappa shape index (κ2) is 6.69. The van der Waals surface area contributed by atoms with Crippen LogP contribution in [0.15, 0.2) is 24.3 Å². The lowest BCUT2D eigenvalue weighted by Gasteiger charge is -2.18. The topological polar surface area (TPSA) is 29.5 Å². The first kappa shape index (κ1) is 14.7. The Kier molecular flexibility index (Phi) is 4.69. The van der Waals surface area contributed by atoms with E-state index in [0.717, 1.165) is 30.7 Å². The fourth-order valence-corrected chi connectivity index (χ4v) is 3.45. The predicted octanol–water partition coefficient (Wildman–Crippen LogP) is 3.60. The van der Waals surface area contributed by atoms with E-state index in [0.29, 0.717) is 30.9 Å². The van der Waals surface area contributed by atoms with Gasteiger partial charge in [0.25, 0.3) is 0 Å². The molecule has 0 N–H and O–H groups in total. The van der Waals surface area contributed by atoms with Crippen molar-refractivity contribution in [3.63, 3.8) is 0 Å². The summed E-state index contributed by atoms with van der Waals surface area (Å²) in [5.41, 5.74) is 1.13. The molecule has 0 spiro atoms. The number of benzene rings is 1. The van der Waals surface area contributed by atoms with Gasteiger partial charge in [0.1, 0.15) is 5.75 Å². The van der Waals surface area contributed by atoms with Crippen LogP contribution in [-0.2, 0) is 11.3 Å². The van der Waals surface area contributed by atoms with Crippen molar-refractivity contribution in [1.82, 2.24) is 4.90 Å². The van der Waals surface area contributed by atoms with Crippen LogP contribution in [0.25, 0.3) is 0 Å². The summed E-state index contributed by atoms with van der Waals surface area (Å²) in [7, 11) is 0. The molecular formula is C17H22ClNO2. The van der Waals surface area contributed by atoms with E-state index in [-0.39, 0.29) is 5.91 Å². The zero-order valence-electron chi connectivity index (χ0n) is 12.3. The van der Waals surface area contributed by atoms with Crippen molar-refractivity contribution in [2.75, 3.05) is 12.4 Å². The molecule has 1 heterocycles. The number of nitrogens with zero attached hydrogens (tertiary/aromatic N) is 1. The molecule has 1 atom stereocenters. The van der Waals surface area contributed by atoms with Gasteiger partial charge in [0.2, 0.25) is 5.91 Å². The molecule has 2 aliphatic rings. The summed E-state index contributed by atoms with van der Waals surface area (Å²) in [6, 6.07) is 8.15. The largest absolute Gasteiger partial charge is 0.490 e. The van der Waals surface area contributed by atoms with Crippen LogP contribution >= 0.6 is 11.6 Å². The molecule has 1 saturated carbocycles. The first-order chi connectivity index (χ1) is 10.2. The second-order valence-corrected chi connectivity index (χ2v) is 6.48. The summed E-state index contributed by atoms with van der Waals surface area (Å²) in [4.78, 5) is 13.9. The molecule has 1 aliphatic carbocycles. The van der Waals surface area contributed by atoms with Crippen molar-refractivity contribution in [3.05, 3.63) is 29.8 Å². The van der Waals surface area contributed by atoms with Gasteiger partial charge in [0.15, 0.2) is 0 Å². The number of likely N-dealkylation sites (tertiary alicyclic amines) is 1. The summed E-state index contributed by atoms with van der Waals surface area (Å²) >= 11 is 5.86. The molecule has 114 valence electrons. The van der Waals surface area contributed by atoms with E-state index < -0.39 is 0 Å². The summed E-state index contributed by atoms with van der Waals surface area (Å²) in [5.74, 6) is 2.01. The van der Waals surface area contributed by atoms with E-state index in [4.69, 9.17) is 16.3 Å². The van der Waals surface area contributed by atoms with Gasteiger partial charge in [-0.05, 0) is 49.3 Å². The quantitative estimate of drug-likeness (QED) is 0.778. The number of carbonyl (C=O) groups excluding carboxylic acids is 1. The monoisotopic (exact) mass is 307 g/mol. The Bertz CT molecular complexity index is 499.